The van der Waals surface area contributed by atoms with Crippen LogP contribution in [0.4, 0.5) is 5.82 Å². The summed E-state index contributed by atoms with van der Waals surface area (Å²) in [6.45, 7) is 3.07. The van der Waals surface area contributed by atoms with Crippen molar-refractivity contribution in [3.05, 3.63) is 96.1 Å². The Kier molecular flexibility index (Phi) is 5.29. The third-order valence-electron chi connectivity index (χ3n) is 4.18. The second-order valence-corrected chi connectivity index (χ2v) is 6.38. The fourth-order valence-electron chi connectivity index (χ4n) is 2.86. The van der Waals surface area contributed by atoms with E-state index < -0.39 is 0 Å². The highest BCUT2D eigenvalue weighted by Gasteiger charge is 2.08. The van der Waals surface area contributed by atoms with E-state index in [2.05, 4.69) is 26.4 Å². The predicted octanol–water partition coefficient (Wildman–Crippen LogP) is 4.16. The monoisotopic (exact) mass is 371 g/mol. The Bertz CT molecular complexity index is 1030. The Balaban J connectivity index is 1.43. The van der Waals surface area contributed by atoms with Crippen molar-refractivity contribution in [1.29, 1.82) is 0 Å². The van der Waals surface area contributed by atoms with Crippen LogP contribution in [0.15, 0.2) is 79.1 Å². The molecular weight excluding hydrogens is 350 g/mol. The van der Waals surface area contributed by atoms with Gasteiger partial charge in [-0.05, 0) is 48.9 Å². The minimum absolute atomic E-state index is 0.448. The summed E-state index contributed by atoms with van der Waals surface area (Å²) in [4.78, 5) is 8.66. The van der Waals surface area contributed by atoms with Crippen LogP contribution >= 0.6 is 0 Å². The van der Waals surface area contributed by atoms with Gasteiger partial charge in [-0.2, -0.15) is 9.78 Å². The van der Waals surface area contributed by atoms with Gasteiger partial charge in [-0.15, -0.1) is 0 Å². The first-order valence-corrected chi connectivity index (χ1v) is 9.11. The quantitative estimate of drug-likeness (QED) is 0.528. The maximum atomic E-state index is 5.86. The lowest BCUT2D eigenvalue weighted by molar-refractivity contribution is 0.301. The van der Waals surface area contributed by atoms with E-state index in [1.165, 1.54) is 0 Å². The van der Waals surface area contributed by atoms with Crippen LogP contribution in [0.2, 0.25) is 0 Å². The molecule has 3 aromatic heterocycles. The summed E-state index contributed by atoms with van der Waals surface area (Å²) < 4.78 is 7.68. The summed E-state index contributed by atoms with van der Waals surface area (Å²) in [5.41, 5.74) is 2.95. The van der Waals surface area contributed by atoms with E-state index in [0.29, 0.717) is 13.2 Å². The van der Waals surface area contributed by atoms with Crippen molar-refractivity contribution in [2.24, 2.45) is 0 Å². The number of rotatable bonds is 7. The van der Waals surface area contributed by atoms with Crippen molar-refractivity contribution in [3.63, 3.8) is 0 Å². The van der Waals surface area contributed by atoms with Crippen LogP contribution in [0.1, 0.15) is 17.0 Å². The number of aromatic nitrogens is 4. The molecule has 6 nitrogen and oxygen atoms in total. The third-order valence-corrected chi connectivity index (χ3v) is 4.18. The van der Waals surface area contributed by atoms with Crippen molar-refractivity contribution in [1.82, 2.24) is 19.7 Å². The number of nitrogens with zero attached hydrogens (tertiary/aromatic N) is 4. The van der Waals surface area contributed by atoms with Gasteiger partial charge in [0.05, 0.1) is 11.4 Å². The highest BCUT2D eigenvalue weighted by Crippen LogP contribution is 2.19. The SMILES string of the molecule is Cc1cc(NCc2cccc(OCc3ccccn3)c2)n(-c2ccccn2)n1. The number of pyridine rings is 2. The summed E-state index contributed by atoms with van der Waals surface area (Å²) in [6.07, 6.45) is 3.53. The average Bonchev–Trinajstić information content (AvgIpc) is 3.13. The molecule has 0 unspecified atom stereocenters. The lowest BCUT2D eigenvalue weighted by Crippen LogP contribution is -2.07. The zero-order valence-electron chi connectivity index (χ0n) is 15.6. The molecule has 1 N–H and O–H groups in total. The Hall–Kier alpha value is -3.67. The zero-order chi connectivity index (χ0) is 19.2. The van der Waals surface area contributed by atoms with Crippen molar-refractivity contribution >= 4 is 5.82 Å². The molecule has 3 heterocycles. The minimum Gasteiger partial charge on any atom is -0.487 e. The highest BCUT2D eigenvalue weighted by molar-refractivity contribution is 5.44. The van der Waals surface area contributed by atoms with Crippen LogP contribution < -0.4 is 10.1 Å². The molecule has 28 heavy (non-hydrogen) atoms. The molecule has 0 bridgehead atoms. The molecule has 0 aliphatic rings. The smallest absolute Gasteiger partial charge is 0.155 e. The molecule has 0 aliphatic carbocycles. The Morgan fingerprint density at radius 2 is 1.79 bits per heavy atom. The molecule has 0 fully saturated rings. The summed E-state index contributed by atoms with van der Waals surface area (Å²) in [5, 5.41) is 7.98. The number of hydrogen-bond acceptors (Lipinski definition) is 5. The second kappa shape index (κ2) is 8.35. The Morgan fingerprint density at radius 1 is 0.929 bits per heavy atom. The van der Waals surface area contributed by atoms with E-state index in [1.54, 1.807) is 12.4 Å². The van der Waals surface area contributed by atoms with E-state index in [-0.39, 0.29) is 0 Å². The standard InChI is InChI=1S/C22H21N5O/c1-17-13-22(27(26-17)21-10-3-5-12-24-21)25-15-18-7-6-9-20(14-18)28-16-19-8-2-4-11-23-19/h2-14,25H,15-16H2,1H3. The van der Waals surface area contributed by atoms with Gasteiger partial charge in [0.1, 0.15) is 18.2 Å². The Morgan fingerprint density at radius 3 is 2.57 bits per heavy atom. The number of benzene rings is 1. The first-order valence-electron chi connectivity index (χ1n) is 9.11. The normalized spacial score (nSPS) is 10.6. The van der Waals surface area contributed by atoms with Crippen molar-refractivity contribution in [2.45, 2.75) is 20.1 Å². The van der Waals surface area contributed by atoms with Crippen LogP contribution in [-0.4, -0.2) is 19.7 Å². The lowest BCUT2D eigenvalue weighted by atomic mass is 10.2. The average molecular weight is 371 g/mol. The van der Waals surface area contributed by atoms with Crippen molar-refractivity contribution in [2.75, 3.05) is 5.32 Å². The summed E-state index contributed by atoms with van der Waals surface area (Å²) in [6, 6.07) is 21.6. The number of anilines is 1. The molecule has 0 amide bonds. The highest BCUT2D eigenvalue weighted by atomic mass is 16.5. The van der Waals surface area contributed by atoms with E-state index in [9.17, 15) is 0 Å². The predicted molar refractivity (Wildman–Crippen MR) is 108 cm³/mol. The fourth-order valence-corrected chi connectivity index (χ4v) is 2.86. The summed E-state index contributed by atoms with van der Waals surface area (Å²) >= 11 is 0. The van der Waals surface area contributed by atoms with Gasteiger partial charge in [-0.25, -0.2) is 4.98 Å². The summed E-state index contributed by atoms with van der Waals surface area (Å²) in [5.74, 6) is 2.50. The molecule has 0 saturated heterocycles. The number of ether oxygens (including phenoxy) is 1. The first-order chi connectivity index (χ1) is 13.8. The zero-order valence-corrected chi connectivity index (χ0v) is 15.6. The molecule has 0 aliphatic heterocycles. The number of hydrogen-bond donors (Lipinski definition) is 1. The molecule has 0 saturated carbocycles. The largest absolute Gasteiger partial charge is 0.487 e. The molecule has 0 atom stereocenters. The molecule has 0 spiro atoms. The van der Waals surface area contributed by atoms with Gasteiger partial charge in [0.25, 0.3) is 0 Å². The molecular formula is C22H21N5O. The number of nitrogens with one attached hydrogen (secondary N) is 1. The molecule has 4 rings (SSSR count). The molecule has 0 radical (unpaired) electrons. The molecule has 1 aromatic carbocycles. The van der Waals surface area contributed by atoms with Crippen LogP contribution in [0.25, 0.3) is 5.82 Å². The maximum absolute atomic E-state index is 5.86. The van der Waals surface area contributed by atoms with Gasteiger partial charge >= 0.3 is 0 Å². The second-order valence-electron chi connectivity index (χ2n) is 6.38. The van der Waals surface area contributed by atoms with E-state index in [1.807, 2.05) is 72.3 Å². The van der Waals surface area contributed by atoms with E-state index in [0.717, 1.165) is 34.3 Å². The minimum atomic E-state index is 0.448. The molecule has 6 heteroatoms. The molecule has 140 valence electrons. The first kappa shape index (κ1) is 17.7. The van der Waals surface area contributed by atoms with Gasteiger partial charge in [0.2, 0.25) is 0 Å². The van der Waals surface area contributed by atoms with Crippen LogP contribution in [0, 0.1) is 6.92 Å². The van der Waals surface area contributed by atoms with Crippen LogP contribution in [-0.2, 0) is 13.2 Å². The van der Waals surface area contributed by atoms with Gasteiger partial charge in [-0.1, -0.05) is 24.3 Å². The summed E-state index contributed by atoms with van der Waals surface area (Å²) in [7, 11) is 0. The van der Waals surface area contributed by atoms with Crippen molar-refractivity contribution < 1.29 is 4.74 Å². The topological polar surface area (TPSA) is 64.9 Å². The maximum Gasteiger partial charge on any atom is 0.155 e. The van der Waals surface area contributed by atoms with Crippen LogP contribution in [0.5, 0.6) is 5.75 Å². The van der Waals surface area contributed by atoms with Gasteiger partial charge in [0, 0.05) is 25.0 Å². The van der Waals surface area contributed by atoms with E-state index in [4.69, 9.17) is 4.74 Å². The van der Waals surface area contributed by atoms with E-state index >= 15 is 0 Å². The molecule has 4 aromatic rings. The van der Waals surface area contributed by atoms with Gasteiger partial charge < -0.3 is 10.1 Å². The Labute approximate surface area is 163 Å². The third kappa shape index (κ3) is 4.35. The lowest BCUT2D eigenvalue weighted by Gasteiger charge is -2.11. The van der Waals surface area contributed by atoms with Crippen molar-refractivity contribution in [3.8, 4) is 11.6 Å². The van der Waals surface area contributed by atoms with Gasteiger partial charge in [0.15, 0.2) is 5.82 Å². The van der Waals surface area contributed by atoms with Crippen LogP contribution in [0.3, 0.4) is 0 Å². The number of aryl methyl sites for hydroxylation is 1. The fraction of sp³-hybridized carbons (Fsp3) is 0.136. The van der Waals surface area contributed by atoms with Gasteiger partial charge in [-0.3, -0.25) is 4.98 Å².